The number of hydrogen-bond donors (Lipinski definition) is 1. The van der Waals surface area contributed by atoms with Gasteiger partial charge in [-0.25, -0.2) is 4.98 Å². The summed E-state index contributed by atoms with van der Waals surface area (Å²) in [6.45, 7) is 1.03. The fourth-order valence-electron chi connectivity index (χ4n) is 1.61. The second kappa shape index (κ2) is 5.14. The molecule has 1 fully saturated rings. The molecule has 0 bridgehead atoms. The van der Waals surface area contributed by atoms with Gasteiger partial charge in [0.1, 0.15) is 5.01 Å². The minimum atomic E-state index is 0.698. The van der Waals surface area contributed by atoms with Crippen molar-refractivity contribution < 1.29 is 0 Å². The molecule has 0 radical (unpaired) electrons. The maximum absolute atomic E-state index is 4.69. The topological polar surface area (TPSA) is 24.9 Å². The molecule has 1 saturated heterocycles. The lowest BCUT2D eigenvalue weighted by Gasteiger charge is -2.02. The number of hydrogen-bond acceptors (Lipinski definition) is 4. The number of likely N-dealkylation sites (N-methyl/N-ethyl adjacent to an activating group) is 1. The van der Waals surface area contributed by atoms with E-state index in [0.717, 1.165) is 13.0 Å². The molecule has 0 amide bonds. The number of rotatable bonds is 4. The summed E-state index contributed by atoms with van der Waals surface area (Å²) in [4.78, 5) is 4.69. The Kier molecular flexibility index (Phi) is 3.84. The summed E-state index contributed by atoms with van der Waals surface area (Å²) in [5, 5.41) is 7.41. The largest absolute Gasteiger partial charge is 0.319 e. The second-order valence-electron chi connectivity index (χ2n) is 3.53. The number of thiazole rings is 1. The molecular weight excluding hydrogens is 212 g/mol. The van der Waals surface area contributed by atoms with Crippen LogP contribution < -0.4 is 5.32 Å². The normalized spacial score (nSPS) is 21.6. The van der Waals surface area contributed by atoms with Crippen LogP contribution in [0.2, 0.25) is 0 Å². The first-order chi connectivity index (χ1) is 6.90. The van der Waals surface area contributed by atoms with Crippen molar-refractivity contribution in [2.45, 2.75) is 24.5 Å². The summed E-state index contributed by atoms with van der Waals surface area (Å²) in [5.74, 6) is 1.32. The van der Waals surface area contributed by atoms with Crippen LogP contribution in [0.4, 0.5) is 0 Å². The van der Waals surface area contributed by atoms with Crippen LogP contribution in [-0.4, -0.2) is 24.3 Å². The Morgan fingerprint density at radius 3 is 3.29 bits per heavy atom. The van der Waals surface area contributed by atoms with Crippen molar-refractivity contribution in [1.29, 1.82) is 0 Å². The lowest BCUT2D eigenvalue weighted by molar-refractivity contribution is 0.769. The van der Waals surface area contributed by atoms with Crippen molar-refractivity contribution in [2.75, 3.05) is 19.3 Å². The number of nitrogens with zero attached hydrogens (tertiary/aromatic N) is 1. The van der Waals surface area contributed by atoms with E-state index in [4.69, 9.17) is 0 Å². The van der Waals surface area contributed by atoms with Gasteiger partial charge in [-0.05, 0) is 25.6 Å². The second-order valence-corrected chi connectivity index (χ2v) is 5.73. The van der Waals surface area contributed by atoms with Gasteiger partial charge < -0.3 is 5.32 Å². The van der Waals surface area contributed by atoms with Crippen LogP contribution in [0.1, 0.15) is 28.8 Å². The monoisotopic (exact) mass is 228 g/mol. The summed E-state index contributed by atoms with van der Waals surface area (Å²) < 4.78 is 0. The van der Waals surface area contributed by atoms with Crippen molar-refractivity contribution in [1.82, 2.24) is 10.3 Å². The van der Waals surface area contributed by atoms with E-state index in [0.29, 0.717) is 5.25 Å². The summed E-state index contributed by atoms with van der Waals surface area (Å²) >= 11 is 3.90. The van der Waals surface area contributed by atoms with E-state index in [1.165, 1.54) is 29.3 Å². The molecule has 78 valence electrons. The first kappa shape index (κ1) is 10.5. The quantitative estimate of drug-likeness (QED) is 0.857. The first-order valence-corrected chi connectivity index (χ1v) is 7.03. The molecule has 0 aliphatic carbocycles. The van der Waals surface area contributed by atoms with Crippen molar-refractivity contribution in [3.63, 3.8) is 0 Å². The molecule has 1 aromatic heterocycles. The molecule has 1 N–H and O–H groups in total. The van der Waals surface area contributed by atoms with Gasteiger partial charge in [0.2, 0.25) is 0 Å². The minimum absolute atomic E-state index is 0.698. The number of thioether (sulfide) groups is 1. The van der Waals surface area contributed by atoms with Crippen LogP contribution >= 0.6 is 23.1 Å². The van der Waals surface area contributed by atoms with Crippen molar-refractivity contribution in [3.8, 4) is 0 Å². The third kappa shape index (κ3) is 2.49. The molecule has 0 spiro atoms. The summed E-state index contributed by atoms with van der Waals surface area (Å²) in [7, 11) is 1.99. The van der Waals surface area contributed by atoms with E-state index in [1.54, 1.807) is 0 Å². The number of aromatic nitrogens is 1. The van der Waals surface area contributed by atoms with Crippen LogP contribution in [0.3, 0.4) is 0 Å². The highest BCUT2D eigenvalue weighted by Crippen LogP contribution is 2.40. The van der Waals surface area contributed by atoms with Crippen LogP contribution in [0.25, 0.3) is 0 Å². The molecule has 1 atom stereocenters. The van der Waals surface area contributed by atoms with Crippen LogP contribution in [0, 0.1) is 0 Å². The van der Waals surface area contributed by atoms with Gasteiger partial charge in [-0.2, -0.15) is 11.8 Å². The zero-order valence-corrected chi connectivity index (χ0v) is 10.1. The van der Waals surface area contributed by atoms with E-state index in [9.17, 15) is 0 Å². The van der Waals surface area contributed by atoms with Gasteiger partial charge in [0, 0.05) is 18.3 Å². The van der Waals surface area contributed by atoms with Crippen molar-refractivity contribution in [3.05, 3.63) is 16.1 Å². The molecule has 2 heterocycles. The van der Waals surface area contributed by atoms with Crippen LogP contribution in [-0.2, 0) is 6.42 Å². The predicted molar refractivity (Wildman–Crippen MR) is 64.2 cm³/mol. The Hall–Kier alpha value is -0.0600. The minimum Gasteiger partial charge on any atom is -0.319 e. The highest BCUT2D eigenvalue weighted by Gasteiger charge is 2.20. The van der Waals surface area contributed by atoms with Crippen molar-refractivity contribution >= 4 is 23.1 Å². The maximum atomic E-state index is 4.69. The maximum Gasteiger partial charge on any atom is 0.106 e. The lowest BCUT2D eigenvalue weighted by atomic mass is 10.2. The average Bonchev–Trinajstić information content (AvgIpc) is 2.85. The van der Waals surface area contributed by atoms with Gasteiger partial charge in [0.05, 0.1) is 10.9 Å². The zero-order chi connectivity index (χ0) is 9.80. The molecule has 14 heavy (non-hydrogen) atoms. The lowest BCUT2D eigenvalue weighted by Crippen LogP contribution is -2.10. The summed E-state index contributed by atoms with van der Waals surface area (Å²) in [5.41, 5.74) is 1.26. The number of nitrogens with one attached hydrogen (secondary N) is 1. The van der Waals surface area contributed by atoms with Crippen molar-refractivity contribution in [2.24, 2.45) is 0 Å². The molecule has 1 unspecified atom stereocenters. The van der Waals surface area contributed by atoms with E-state index >= 15 is 0 Å². The molecular formula is C10H16N2S2. The predicted octanol–water partition coefficient (Wildman–Crippen LogP) is 2.47. The molecule has 1 aromatic rings. The fourth-order valence-corrected chi connectivity index (χ4v) is 4.00. The molecule has 1 aliphatic rings. The Morgan fingerprint density at radius 2 is 2.57 bits per heavy atom. The Labute approximate surface area is 93.5 Å². The smallest absolute Gasteiger partial charge is 0.106 e. The molecule has 0 aromatic carbocycles. The Balaban J connectivity index is 1.94. The van der Waals surface area contributed by atoms with Gasteiger partial charge in [-0.15, -0.1) is 11.3 Å². The average molecular weight is 228 g/mol. The Bertz CT molecular complexity index is 279. The third-order valence-corrected chi connectivity index (χ3v) is 4.95. The van der Waals surface area contributed by atoms with E-state index < -0.39 is 0 Å². The Morgan fingerprint density at radius 1 is 1.64 bits per heavy atom. The highest BCUT2D eigenvalue weighted by molar-refractivity contribution is 7.99. The molecule has 2 rings (SSSR count). The highest BCUT2D eigenvalue weighted by atomic mass is 32.2. The summed E-state index contributed by atoms with van der Waals surface area (Å²) in [6, 6.07) is 0. The van der Waals surface area contributed by atoms with Gasteiger partial charge in [-0.3, -0.25) is 0 Å². The van der Waals surface area contributed by atoms with Gasteiger partial charge in [-0.1, -0.05) is 0 Å². The molecule has 4 heteroatoms. The fraction of sp³-hybridized carbons (Fsp3) is 0.700. The molecule has 1 aliphatic heterocycles. The molecule has 2 nitrogen and oxygen atoms in total. The zero-order valence-electron chi connectivity index (χ0n) is 8.45. The van der Waals surface area contributed by atoms with Gasteiger partial charge in [0.15, 0.2) is 0 Å². The van der Waals surface area contributed by atoms with Gasteiger partial charge in [0.25, 0.3) is 0 Å². The summed E-state index contributed by atoms with van der Waals surface area (Å²) in [6.07, 6.45) is 3.74. The first-order valence-electron chi connectivity index (χ1n) is 5.10. The van der Waals surface area contributed by atoms with Crippen LogP contribution in [0.5, 0.6) is 0 Å². The standard InChI is InChI=1S/C10H16N2S2/c1-11-5-4-8-7-14-10(12-8)9-3-2-6-13-9/h7,9,11H,2-6H2,1H3. The SMILES string of the molecule is CNCCc1csc(C2CCCS2)n1. The van der Waals surface area contributed by atoms with E-state index in [2.05, 4.69) is 27.4 Å². The van der Waals surface area contributed by atoms with E-state index in [-0.39, 0.29) is 0 Å². The molecule has 0 saturated carbocycles. The van der Waals surface area contributed by atoms with Crippen LogP contribution in [0.15, 0.2) is 5.38 Å². The third-order valence-electron chi connectivity index (χ3n) is 2.41. The van der Waals surface area contributed by atoms with Gasteiger partial charge >= 0.3 is 0 Å². The van der Waals surface area contributed by atoms with E-state index in [1.807, 2.05) is 18.4 Å².